The molecule has 1 heterocycles. The topological polar surface area (TPSA) is 61.9 Å². The molecule has 6 nitrogen and oxygen atoms in total. The molecule has 6 heteroatoms. The number of anilines is 1. The van der Waals surface area contributed by atoms with Crippen LogP contribution in [0.3, 0.4) is 0 Å². The average Bonchev–Trinajstić information content (AvgIpc) is 2.63. The van der Waals surface area contributed by atoms with Crippen LogP contribution < -0.4 is 15.0 Å². The third-order valence-electron chi connectivity index (χ3n) is 4.96. The van der Waals surface area contributed by atoms with Gasteiger partial charge in [-0.05, 0) is 64.5 Å². The minimum atomic E-state index is -0.928. The number of fused-ring (bicyclic) bond motifs is 1. The van der Waals surface area contributed by atoms with Crippen molar-refractivity contribution in [2.75, 3.05) is 37.6 Å². The third kappa shape index (κ3) is 5.45. The second-order valence-electron chi connectivity index (χ2n) is 7.52. The largest absolute Gasteiger partial charge is 0.476 e. The molecule has 0 saturated heterocycles. The van der Waals surface area contributed by atoms with E-state index in [1.54, 1.807) is 18.7 Å². The molecule has 1 N–H and O–H groups in total. The first kappa shape index (κ1) is 21.2. The third-order valence-corrected chi connectivity index (χ3v) is 4.96. The lowest BCUT2D eigenvalue weighted by Crippen LogP contribution is -2.53. The molecule has 1 aromatic carbocycles. The second-order valence-corrected chi connectivity index (χ2v) is 7.52. The molecule has 2 rings (SSSR count). The van der Waals surface area contributed by atoms with Crippen molar-refractivity contribution in [1.29, 1.82) is 0 Å². The van der Waals surface area contributed by atoms with Crippen molar-refractivity contribution in [3.05, 3.63) is 23.8 Å². The van der Waals surface area contributed by atoms with E-state index in [0.717, 1.165) is 37.3 Å². The normalized spacial score (nSPS) is 15.5. The van der Waals surface area contributed by atoms with Gasteiger partial charge in [0.25, 0.3) is 5.91 Å². The molecule has 0 aromatic heterocycles. The molecule has 1 aromatic rings. The summed E-state index contributed by atoms with van der Waals surface area (Å²) in [5.41, 5.74) is 0.868. The summed E-state index contributed by atoms with van der Waals surface area (Å²) in [4.78, 5) is 29.0. The summed E-state index contributed by atoms with van der Waals surface area (Å²) in [6.07, 6.45) is 1.21. The van der Waals surface area contributed by atoms with Gasteiger partial charge in [-0.2, -0.15) is 0 Å². The first-order valence-electron chi connectivity index (χ1n) is 9.89. The molecule has 0 spiro atoms. The zero-order valence-corrected chi connectivity index (χ0v) is 17.3. The Hall–Kier alpha value is -2.08. The van der Waals surface area contributed by atoms with E-state index in [4.69, 9.17) is 4.74 Å². The highest BCUT2D eigenvalue weighted by atomic mass is 16.5. The zero-order chi connectivity index (χ0) is 20.0. The minimum absolute atomic E-state index is 0.0270. The van der Waals surface area contributed by atoms with Gasteiger partial charge in [-0.1, -0.05) is 19.9 Å². The van der Waals surface area contributed by atoms with Gasteiger partial charge in [0.05, 0.1) is 5.69 Å². The van der Waals surface area contributed by atoms with Crippen molar-refractivity contribution in [3.63, 3.8) is 0 Å². The summed E-state index contributed by atoms with van der Waals surface area (Å²) in [7, 11) is 0. The van der Waals surface area contributed by atoms with Gasteiger partial charge in [0, 0.05) is 19.5 Å². The Morgan fingerprint density at radius 2 is 1.96 bits per heavy atom. The number of nitrogens with zero attached hydrogens (tertiary/aromatic N) is 2. The van der Waals surface area contributed by atoms with Crippen LogP contribution in [0.4, 0.5) is 5.69 Å². The highest BCUT2D eigenvalue weighted by Crippen LogP contribution is 2.38. The lowest BCUT2D eigenvalue weighted by atomic mass is 10.0. The molecule has 0 radical (unpaired) electrons. The summed E-state index contributed by atoms with van der Waals surface area (Å²) < 4.78 is 5.85. The van der Waals surface area contributed by atoms with E-state index in [2.05, 4.69) is 24.1 Å². The van der Waals surface area contributed by atoms with Crippen LogP contribution in [0.25, 0.3) is 0 Å². The number of ether oxygens (including phenoxy) is 1. The van der Waals surface area contributed by atoms with Crippen molar-refractivity contribution >= 4 is 17.5 Å². The number of carbonyl (C=O) groups excluding carboxylic acids is 2. The van der Waals surface area contributed by atoms with E-state index >= 15 is 0 Å². The highest BCUT2D eigenvalue weighted by Gasteiger charge is 2.40. The van der Waals surface area contributed by atoms with Gasteiger partial charge < -0.3 is 19.9 Å². The number of nitrogens with one attached hydrogen (secondary N) is 1. The Labute approximate surface area is 162 Å². The number of aryl methyl sites for hydroxylation is 1. The fourth-order valence-electron chi connectivity index (χ4n) is 3.27. The van der Waals surface area contributed by atoms with E-state index in [1.807, 2.05) is 25.1 Å². The summed E-state index contributed by atoms with van der Waals surface area (Å²) >= 11 is 0. The maximum atomic E-state index is 12.8. The number of amides is 2. The average molecular weight is 376 g/mol. The van der Waals surface area contributed by atoms with Crippen LogP contribution in [0.2, 0.25) is 0 Å². The molecule has 0 fully saturated rings. The monoisotopic (exact) mass is 375 g/mol. The lowest BCUT2D eigenvalue weighted by molar-refractivity contribution is -0.132. The highest BCUT2D eigenvalue weighted by molar-refractivity contribution is 6.02. The van der Waals surface area contributed by atoms with Crippen molar-refractivity contribution < 1.29 is 14.3 Å². The van der Waals surface area contributed by atoms with Gasteiger partial charge in [0.1, 0.15) is 5.75 Å². The van der Waals surface area contributed by atoms with Gasteiger partial charge in [-0.3, -0.25) is 9.59 Å². The van der Waals surface area contributed by atoms with Crippen LogP contribution in [0.15, 0.2) is 18.2 Å². The number of benzene rings is 1. The maximum absolute atomic E-state index is 12.8. The van der Waals surface area contributed by atoms with Crippen molar-refractivity contribution in [3.8, 4) is 5.75 Å². The lowest BCUT2D eigenvalue weighted by Gasteiger charge is -2.38. The molecule has 0 bridgehead atoms. The van der Waals surface area contributed by atoms with E-state index < -0.39 is 5.60 Å². The maximum Gasteiger partial charge on any atom is 0.270 e. The van der Waals surface area contributed by atoms with Crippen LogP contribution in [0.5, 0.6) is 5.75 Å². The van der Waals surface area contributed by atoms with Crippen molar-refractivity contribution in [2.24, 2.45) is 0 Å². The van der Waals surface area contributed by atoms with Crippen LogP contribution in [-0.2, 0) is 9.59 Å². The van der Waals surface area contributed by atoms with E-state index in [0.29, 0.717) is 18.8 Å². The SMILES string of the molecule is CCN(CC)CCCNC(=O)CCN1C(=O)C(C)(C)Oc2ccc(C)cc21. The Kier molecular flexibility index (Phi) is 7.25. The van der Waals surface area contributed by atoms with Crippen molar-refractivity contribution in [1.82, 2.24) is 10.2 Å². The van der Waals surface area contributed by atoms with Gasteiger partial charge in [0.15, 0.2) is 5.60 Å². The van der Waals surface area contributed by atoms with Gasteiger partial charge >= 0.3 is 0 Å². The summed E-state index contributed by atoms with van der Waals surface area (Å²) in [5, 5.41) is 2.96. The summed E-state index contributed by atoms with van der Waals surface area (Å²) in [6, 6.07) is 5.79. The van der Waals surface area contributed by atoms with Crippen LogP contribution in [-0.4, -0.2) is 55.0 Å². The Morgan fingerprint density at radius 1 is 1.26 bits per heavy atom. The van der Waals surface area contributed by atoms with Crippen LogP contribution >= 0.6 is 0 Å². The number of hydrogen-bond acceptors (Lipinski definition) is 4. The predicted molar refractivity (Wildman–Crippen MR) is 108 cm³/mol. The molecule has 27 heavy (non-hydrogen) atoms. The fraction of sp³-hybridized carbons (Fsp3) is 0.619. The van der Waals surface area contributed by atoms with Gasteiger partial charge in [0.2, 0.25) is 5.91 Å². The Morgan fingerprint density at radius 3 is 2.63 bits per heavy atom. The van der Waals surface area contributed by atoms with E-state index in [1.165, 1.54) is 0 Å². The number of carbonyl (C=O) groups is 2. The second kappa shape index (κ2) is 9.22. The fourth-order valence-corrected chi connectivity index (χ4v) is 3.27. The first-order valence-corrected chi connectivity index (χ1v) is 9.89. The quantitative estimate of drug-likeness (QED) is 0.674. The Bertz CT molecular complexity index is 669. The predicted octanol–water partition coefficient (Wildman–Crippen LogP) is 2.74. The Balaban J connectivity index is 1.91. The molecular weight excluding hydrogens is 342 g/mol. The van der Waals surface area contributed by atoms with E-state index in [9.17, 15) is 9.59 Å². The molecule has 0 unspecified atom stereocenters. The number of rotatable bonds is 9. The van der Waals surface area contributed by atoms with Gasteiger partial charge in [-0.25, -0.2) is 0 Å². The summed E-state index contributed by atoms with van der Waals surface area (Å²) in [6.45, 7) is 13.8. The molecule has 1 aliphatic rings. The molecular formula is C21H33N3O3. The molecule has 0 aliphatic carbocycles. The van der Waals surface area contributed by atoms with Crippen LogP contribution in [0.1, 0.15) is 46.1 Å². The zero-order valence-electron chi connectivity index (χ0n) is 17.3. The molecule has 0 atom stereocenters. The standard InChI is InChI=1S/C21H33N3O3/c1-6-23(7-2)13-8-12-22-19(25)11-14-24-17-15-16(3)9-10-18(17)27-21(4,5)20(24)26/h9-10,15H,6-8,11-14H2,1-5H3,(H,22,25). The number of hydrogen-bond donors (Lipinski definition) is 1. The summed E-state index contributed by atoms with van der Waals surface area (Å²) in [5.74, 6) is 0.542. The molecule has 0 saturated carbocycles. The molecule has 150 valence electrons. The van der Waals surface area contributed by atoms with Gasteiger partial charge in [-0.15, -0.1) is 0 Å². The van der Waals surface area contributed by atoms with E-state index in [-0.39, 0.29) is 18.2 Å². The first-order chi connectivity index (χ1) is 12.8. The molecule has 1 aliphatic heterocycles. The molecule has 2 amide bonds. The van der Waals surface area contributed by atoms with Crippen LogP contribution in [0, 0.1) is 6.92 Å². The van der Waals surface area contributed by atoms with Crippen molar-refractivity contribution in [2.45, 2.75) is 53.1 Å². The minimum Gasteiger partial charge on any atom is -0.476 e. The smallest absolute Gasteiger partial charge is 0.270 e.